The van der Waals surface area contributed by atoms with E-state index in [1.54, 1.807) is 0 Å². The number of benzene rings is 1. The largest absolute Gasteiger partial charge is 0.504 e. The Labute approximate surface area is 195 Å². The predicted octanol–water partition coefficient (Wildman–Crippen LogP) is 6.45. The fraction of sp³-hybridized carbons (Fsp3) is 0.760. The lowest BCUT2D eigenvalue weighted by Gasteiger charge is -2.48. The van der Waals surface area contributed by atoms with E-state index in [1.807, 2.05) is 6.92 Å². The minimum atomic E-state index is -4.65. The molecule has 1 aromatic carbocycles. The molecule has 0 aromatic heterocycles. The Kier molecular flexibility index (Phi) is 9.11. The van der Waals surface area contributed by atoms with E-state index in [0.29, 0.717) is 29.4 Å². The molecule has 0 spiro atoms. The van der Waals surface area contributed by atoms with Crippen LogP contribution >= 0.6 is 0 Å². The van der Waals surface area contributed by atoms with Crippen LogP contribution in [0, 0.1) is 22.7 Å². The highest BCUT2D eigenvalue weighted by Gasteiger charge is 2.46. The first kappa shape index (κ1) is 28.6. The van der Waals surface area contributed by atoms with Crippen LogP contribution in [0.25, 0.3) is 0 Å². The first-order chi connectivity index (χ1) is 14.5. The molecular formula is C25H44O6S. The summed E-state index contributed by atoms with van der Waals surface area (Å²) in [6.45, 7) is 19.1. The number of hydrogen-bond donors (Lipinski definition) is 2. The number of phenolic OH excluding ortho intramolecular Hbond substituents is 1. The second-order valence-electron chi connectivity index (χ2n) is 11.1. The van der Waals surface area contributed by atoms with Crippen molar-refractivity contribution in [2.24, 2.45) is 22.7 Å². The Bertz CT molecular complexity index is 876. The molecule has 0 bridgehead atoms. The zero-order valence-corrected chi connectivity index (χ0v) is 22.6. The van der Waals surface area contributed by atoms with Crippen LogP contribution < -0.4 is 9.47 Å². The van der Waals surface area contributed by atoms with E-state index in [4.69, 9.17) is 9.47 Å². The number of ether oxygens (including phenoxy) is 2. The van der Waals surface area contributed by atoms with Crippen LogP contribution in [-0.2, 0) is 16.5 Å². The lowest BCUT2D eigenvalue weighted by Crippen LogP contribution is -2.37. The van der Waals surface area contributed by atoms with Crippen LogP contribution in [0.15, 0.2) is 4.90 Å². The van der Waals surface area contributed by atoms with E-state index in [1.165, 1.54) is 14.2 Å². The summed E-state index contributed by atoms with van der Waals surface area (Å²) in [5.74, 6) is 0.224. The second kappa shape index (κ2) is 10.2. The summed E-state index contributed by atoms with van der Waals surface area (Å²) in [4.78, 5) is -0.321. The van der Waals surface area contributed by atoms with Crippen molar-refractivity contribution in [2.45, 2.75) is 92.4 Å². The number of phenols is 1. The maximum absolute atomic E-state index is 12.5. The van der Waals surface area contributed by atoms with Crippen LogP contribution in [0.5, 0.6) is 17.2 Å². The summed E-state index contributed by atoms with van der Waals surface area (Å²) in [6, 6.07) is 0. The van der Waals surface area contributed by atoms with Gasteiger partial charge in [0.1, 0.15) is 4.90 Å². The standard InChI is InChI=1S/C25H44O6S/c1-12-17-18(19(26)20(30-10)21(31-11)22(17)32(27,28)29)23(24(6,7)13-15(2)3)25(8,9)14-16(4)5/h15-16,23,26H,12-14H2,1-11H3,(H,27,28,29). The topological polar surface area (TPSA) is 93.1 Å². The van der Waals surface area contributed by atoms with E-state index in [9.17, 15) is 18.1 Å². The number of methoxy groups -OCH3 is 2. The molecule has 0 radical (unpaired) electrons. The van der Waals surface area contributed by atoms with Crippen molar-refractivity contribution in [3.05, 3.63) is 11.1 Å². The minimum Gasteiger partial charge on any atom is -0.504 e. The van der Waals surface area contributed by atoms with Crippen molar-refractivity contribution in [1.82, 2.24) is 0 Å². The minimum absolute atomic E-state index is 0.0713. The van der Waals surface area contributed by atoms with Gasteiger partial charge in [-0.3, -0.25) is 4.55 Å². The predicted molar refractivity (Wildman–Crippen MR) is 130 cm³/mol. The van der Waals surface area contributed by atoms with Crippen molar-refractivity contribution in [1.29, 1.82) is 0 Å². The summed E-state index contributed by atoms with van der Waals surface area (Å²) in [6.07, 6.45) is 2.04. The Morgan fingerprint density at radius 3 is 1.56 bits per heavy atom. The van der Waals surface area contributed by atoms with Crippen LogP contribution in [-0.4, -0.2) is 32.3 Å². The van der Waals surface area contributed by atoms with Crippen molar-refractivity contribution in [3.63, 3.8) is 0 Å². The van der Waals surface area contributed by atoms with Crippen molar-refractivity contribution < 1.29 is 27.6 Å². The van der Waals surface area contributed by atoms with Gasteiger partial charge in [0.25, 0.3) is 10.1 Å². The van der Waals surface area contributed by atoms with E-state index >= 15 is 0 Å². The third kappa shape index (κ3) is 5.90. The highest BCUT2D eigenvalue weighted by molar-refractivity contribution is 7.86. The number of rotatable bonds is 11. The van der Waals surface area contributed by atoms with Gasteiger partial charge in [-0.2, -0.15) is 8.42 Å². The molecule has 1 aromatic rings. The molecule has 0 fully saturated rings. The van der Waals surface area contributed by atoms with E-state index < -0.39 is 10.1 Å². The van der Waals surface area contributed by atoms with Gasteiger partial charge in [0.2, 0.25) is 5.75 Å². The average Bonchev–Trinajstić information content (AvgIpc) is 2.58. The second-order valence-corrected chi connectivity index (χ2v) is 12.4. The highest BCUT2D eigenvalue weighted by atomic mass is 32.2. The van der Waals surface area contributed by atoms with Crippen molar-refractivity contribution >= 4 is 10.1 Å². The lowest BCUT2D eigenvalue weighted by atomic mass is 9.57. The zero-order chi connectivity index (χ0) is 25.2. The monoisotopic (exact) mass is 472 g/mol. The molecule has 0 heterocycles. The fourth-order valence-corrected chi connectivity index (χ4v) is 7.20. The molecule has 186 valence electrons. The average molecular weight is 473 g/mol. The molecule has 7 heteroatoms. The van der Waals surface area contributed by atoms with Gasteiger partial charge in [0.05, 0.1) is 14.2 Å². The smallest absolute Gasteiger partial charge is 0.298 e. The zero-order valence-electron chi connectivity index (χ0n) is 21.8. The van der Waals surface area contributed by atoms with Crippen molar-refractivity contribution in [3.8, 4) is 17.2 Å². The summed E-state index contributed by atoms with van der Waals surface area (Å²) >= 11 is 0. The highest BCUT2D eigenvalue weighted by Crippen LogP contribution is 2.59. The molecule has 0 aliphatic carbocycles. The van der Waals surface area contributed by atoms with Gasteiger partial charge in [0.15, 0.2) is 11.5 Å². The fourth-order valence-electron chi connectivity index (χ4n) is 6.22. The lowest BCUT2D eigenvalue weighted by molar-refractivity contribution is 0.0952. The van der Waals surface area contributed by atoms with E-state index in [-0.39, 0.29) is 38.9 Å². The normalized spacial score (nSPS) is 13.3. The molecule has 0 aliphatic heterocycles. The maximum atomic E-state index is 12.5. The maximum Gasteiger partial charge on any atom is 0.298 e. The molecule has 0 aliphatic rings. The first-order valence-electron chi connectivity index (χ1n) is 11.4. The third-order valence-electron chi connectivity index (χ3n) is 6.22. The van der Waals surface area contributed by atoms with E-state index in [0.717, 1.165) is 12.8 Å². The molecule has 0 amide bonds. The SMILES string of the molecule is CCc1c(C(C(C)(C)CC(C)C)C(C)(C)CC(C)C)c(O)c(OC)c(OC)c1S(=O)(=O)O. The van der Waals surface area contributed by atoms with E-state index in [2.05, 4.69) is 55.4 Å². The van der Waals surface area contributed by atoms with Crippen LogP contribution in [0.1, 0.15) is 92.2 Å². The Morgan fingerprint density at radius 2 is 1.28 bits per heavy atom. The summed E-state index contributed by atoms with van der Waals surface area (Å²) in [5, 5.41) is 11.5. The molecular weight excluding hydrogens is 428 g/mol. The Balaban J connectivity index is 4.27. The molecule has 2 N–H and O–H groups in total. The molecule has 0 atom stereocenters. The quantitative estimate of drug-likeness (QED) is 0.360. The number of hydrogen-bond acceptors (Lipinski definition) is 5. The third-order valence-corrected chi connectivity index (χ3v) is 7.17. The molecule has 0 saturated heterocycles. The van der Waals surface area contributed by atoms with Gasteiger partial charge in [-0.05, 0) is 53.4 Å². The van der Waals surface area contributed by atoms with Gasteiger partial charge in [0, 0.05) is 5.56 Å². The molecule has 0 unspecified atom stereocenters. The Morgan fingerprint density at radius 1 is 0.875 bits per heavy atom. The van der Waals surface area contributed by atoms with Crippen LogP contribution in [0.3, 0.4) is 0 Å². The molecule has 1 rings (SSSR count). The van der Waals surface area contributed by atoms with Gasteiger partial charge in [-0.1, -0.05) is 62.3 Å². The Hall–Kier alpha value is -1.47. The molecule has 32 heavy (non-hydrogen) atoms. The number of aromatic hydroxyl groups is 1. The molecule has 6 nitrogen and oxygen atoms in total. The first-order valence-corrected chi connectivity index (χ1v) is 12.9. The van der Waals surface area contributed by atoms with Gasteiger partial charge >= 0.3 is 0 Å². The van der Waals surface area contributed by atoms with Crippen molar-refractivity contribution in [2.75, 3.05) is 14.2 Å². The van der Waals surface area contributed by atoms with Crippen LogP contribution in [0.2, 0.25) is 0 Å². The van der Waals surface area contributed by atoms with Gasteiger partial charge in [-0.15, -0.1) is 0 Å². The van der Waals surface area contributed by atoms with Gasteiger partial charge < -0.3 is 14.6 Å². The van der Waals surface area contributed by atoms with Crippen LogP contribution in [0.4, 0.5) is 0 Å². The van der Waals surface area contributed by atoms with Gasteiger partial charge in [-0.25, -0.2) is 0 Å². The summed E-state index contributed by atoms with van der Waals surface area (Å²) in [7, 11) is -1.99. The summed E-state index contributed by atoms with van der Waals surface area (Å²) in [5.41, 5.74) is 0.323. The molecule has 0 saturated carbocycles. The summed E-state index contributed by atoms with van der Waals surface area (Å²) < 4.78 is 46.0.